The van der Waals surface area contributed by atoms with Crippen LogP contribution in [0, 0.1) is 10.1 Å². The number of alkyl halides is 3. The molecule has 0 fully saturated rings. The average molecular weight is 472 g/mol. The van der Waals surface area contributed by atoms with E-state index in [1.54, 1.807) is 0 Å². The predicted octanol–water partition coefficient (Wildman–Crippen LogP) is 1.64. The topological polar surface area (TPSA) is 86.5 Å². The molecule has 0 amide bonds. The Morgan fingerprint density at radius 1 is 1.17 bits per heavy atom. The van der Waals surface area contributed by atoms with Gasteiger partial charge in [-0.15, -0.1) is 0 Å². The zero-order chi connectivity index (χ0) is 21.1. The second-order valence-electron chi connectivity index (χ2n) is 5.56. The molecule has 0 bridgehead atoms. The Morgan fingerprint density at radius 2 is 1.83 bits per heavy atom. The molecule has 0 spiro atoms. The third kappa shape index (κ3) is 7.59. The van der Waals surface area contributed by atoms with E-state index in [1.165, 1.54) is 12.1 Å². The Labute approximate surface area is 215 Å². The Kier molecular flexibility index (Phi) is 9.66. The molecule has 0 unspecified atom stereocenters. The van der Waals surface area contributed by atoms with E-state index >= 15 is 0 Å². The number of ether oxygens (including phenoxy) is 1. The summed E-state index contributed by atoms with van der Waals surface area (Å²) in [6, 6.07) is 5.92. The first-order valence-electron chi connectivity index (χ1n) is 7.51. The van der Waals surface area contributed by atoms with E-state index in [4.69, 9.17) is 16.3 Å². The summed E-state index contributed by atoms with van der Waals surface area (Å²) in [5.74, 6) is -0.714. The van der Waals surface area contributed by atoms with Crippen LogP contribution in [0.3, 0.4) is 0 Å². The van der Waals surface area contributed by atoms with Crippen molar-refractivity contribution >= 4 is 40.8 Å². The molecule has 148 valence electrons. The van der Waals surface area contributed by atoms with Gasteiger partial charge in [-0.05, 0) is 30.3 Å². The maximum Gasteiger partial charge on any atom is 1.00 e. The minimum absolute atomic E-state index is 0. The fourth-order valence-corrected chi connectivity index (χ4v) is 2.65. The summed E-state index contributed by atoms with van der Waals surface area (Å²) < 4.78 is 43.4. The first-order chi connectivity index (χ1) is 13.0. The summed E-state index contributed by atoms with van der Waals surface area (Å²) in [5, 5.41) is 10.0. The van der Waals surface area contributed by atoms with E-state index in [-0.39, 0.29) is 79.2 Å². The molecule has 2 rings (SSSR count). The molecule has 0 heterocycles. The third-order valence-corrected chi connectivity index (χ3v) is 3.90. The summed E-state index contributed by atoms with van der Waals surface area (Å²) >= 11 is 10.1. The van der Waals surface area contributed by atoms with Gasteiger partial charge in [0, 0.05) is 29.6 Å². The van der Waals surface area contributed by atoms with Crippen molar-refractivity contribution in [1.29, 1.82) is 0 Å². The number of nitrogens with zero attached hydrogens (tertiary/aromatic N) is 1. The van der Waals surface area contributed by atoms with E-state index < -0.39 is 40.4 Å². The van der Waals surface area contributed by atoms with Crippen molar-refractivity contribution in [3.05, 3.63) is 62.7 Å². The molecular weight excluding hydrogens is 462 g/mol. The molecule has 0 saturated carbocycles. The average Bonchev–Trinajstić information content (AvgIpc) is 2.54. The second kappa shape index (κ2) is 10.8. The smallest absolute Gasteiger partial charge is 0.742 e. The summed E-state index contributed by atoms with van der Waals surface area (Å²) in [7, 11) is 0. The first-order valence-corrected chi connectivity index (χ1v) is 8.29. The Hall–Kier alpha value is -1.08. The molecule has 6 nitrogen and oxygen atoms in total. The number of benzene rings is 2. The van der Waals surface area contributed by atoms with Gasteiger partial charge in [0.05, 0.1) is 15.5 Å². The van der Waals surface area contributed by atoms with Crippen LogP contribution in [0.2, 0.25) is 5.02 Å². The first kappa shape index (κ1) is 26.0. The number of carbonyl (C=O) groups is 2. The van der Waals surface area contributed by atoms with Crippen molar-refractivity contribution < 1.29 is 83.8 Å². The molecule has 12 heteroatoms. The van der Waals surface area contributed by atoms with Gasteiger partial charge in [0.25, 0.3) is 5.69 Å². The Balaban J connectivity index is 0.00000420. The standard InChI is InChI=1S/C17H11ClF3NO5S.K/c18-13-7-10(17(19,20)21)1-4-15(13)27-12-2-3-14(22(25)26)9(6-12)5-11(23)8-16(24)28;/h1-4,6-7H,5,8H2,(H,24,28);/q;+1/p-1. The molecule has 0 radical (unpaired) electrons. The normalized spacial score (nSPS) is 10.8. The predicted molar refractivity (Wildman–Crippen MR) is 95.3 cm³/mol. The molecule has 0 atom stereocenters. The molecule has 0 aliphatic rings. The van der Waals surface area contributed by atoms with Crippen molar-refractivity contribution in [2.45, 2.75) is 19.0 Å². The van der Waals surface area contributed by atoms with E-state index in [2.05, 4.69) is 12.6 Å². The number of hydrogen-bond donors (Lipinski definition) is 0. The molecular formula is C17H10ClF3KNO5S. The second-order valence-corrected chi connectivity index (χ2v) is 6.42. The minimum Gasteiger partial charge on any atom is -0.742 e. The number of ketones is 1. The molecule has 29 heavy (non-hydrogen) atoms. The number of rotatable bonds is 7. The molecule has 0 N–H and O–H groups in total. The van der Waals surface area contributed by atoms with Crippen LogP contribution < -0.4 is 56.1 Å². The Morgan fingerprint density at radius 3 is 2.34 bits per heavy atom. The number of nitro groups is 1. The maximum absolute atomic E-state index is 12.7. The van der Waals surface area contributed by atoms with Gasteiger partial charge in [-0.2, -0.15) is 13.2 Å². The van der Waals surface area contributed by atoms with Crippen molar-refractivity contribution in [2.75, 3.05) is 0 Å². The fraction of sp³-hybridized carbons (Fsp3) is 0.176. The zero-order valence-electron chi connectivity index (χ0n) is 14.8. The molecule has 2 aromatic rings. The maximum atomic E-state index is 12.7. The van der Waals surface area contributed by atoms with Crippen molar-refractivity contribution in [2.24, 2.45) is 0 Å². The van der Waals surface area contributed by atoms with Gasteiger partial charge in [-0.1, -0.05) is 11.6 Å². The van der Waals surface area contributed by atoms with Gasteiger partial charge in [-0.3, -0.25) is 14.9 Å². The summed E-state index contributed by atoms with van der Waals surface area (Å²) in [6.45, 7) is 0. The van der Waals surface area contributed by atoms with Gasteiger partial charge in [0.15, 0.2) is 0 Å². The summed E-state index contributed by atoms with van der Waals surface area (Å²) in [6.07, 6.45) is -5.57. The molecule has 0 aliphatic carbocycles. The number of halogens is 4. The minimum atomic E-state index is -4.58. The molecule has 2 aromatic carbocycles. The third-order valence-electron chi connectivity index (χ3n) is 3.46. The van der Waals surface area contributed by atoms with E-state index in [1.807, 2.05) is 0 Å². The number of hydrogen-bond acceptors (Lipinski definition) is 6. The van der Waals surface area contributed by atoms with Crippen LogP contribution in [0.15, 0.2) is 36.4 Å². The zero-order valence-corrected chi connectivity index (χ0v) is 19.5. The SMILES string of the molecule is O=C([S-])CC(=O)Cc1cc(Oc2ccc(C(F)(F)F)cc2Cl)ccc1[N+](=O)[O-].[K+]. The van der Waals surface area contributed by atoms with Crippen LogP contribution in [-0.2, 0) is 34.8 Å². The number of Topliss-reactive ketones (excluding diaryl/α,β-unsaturated/α-hetero) is 1. The summed E-state index contributed by atoms with van der Waals surface area (Å²) in [4.78, 5) is 33.0. The summed E-state index contributed by atoms with van der Waals surface area (Å²) in [5.41, 5.74) is -1.38. The van der Waals surface area contributed by atoms with Crippen LogP contribution in [-0.4, -0.2) is 15.8 Å². The van der Waals surface area contributed by atoms with E-state index in [0.29, 0.717) is 6.07 Å². The van der Waals surface area contributed by atoms with Crippen LogP contribution in [0.4, 0.5) is 18.9 Å². The van der Waals surface area contributed by atoms with Gasteiger partial charge in [0.1, 0.15) is 17.3 Å². The van der Waals surface area contributed by atoms with Crippen LogP contribution in [0.1, 0.15) is 17.5 Å². The van der Waals surface area contributed by atoms with Crippen molar-refractivity contribution in [1.82, 2.24) is 0 Å². The quantitative estimate of drug-likeness (QED) is 0.201. The van der Waals surface area contributed by atoms with E-state index in [9.17, 15) is 32.9 Å². The molecule has 0 aliphatic heterocycles. The number of nitro benzene ring substituents is 1. The van der Waals surface area contributed by atoms with Crippen molar-refractivity contribution in [3.63, 3.8) is 0 Å². The number of carbonyl (C=O) groups excluding carboxylic acids is 2. The van der Waals surface area contributed by atoms with Crippen LogP contribution in [0.5, 0.6) is 11.5 Å². The molecule has 0 saturated heterocycles. The van der Waals surface area contributed by atoms with E-state index in [0.717, 1.165) is 18.2 Å². The van der Waals surface area contributed by atoms with Crippen molar-refractivity contribution in [3.8, 4) is 11.5 Å². The Bertz CT molecular complexity index is 955. The van der Waals surface area contributed by atoms with Gasteiger partial charge < -0.3 is 22.2 Å². The fourth-order valence-electron chi connectivity index (χ4n) is 2.27. The van der Waals surface area contributed by atoms with Gasteiger partial charge in [-0.25, -0.2) is 0 Å². The largest absolute Gasteiger partial charge is 1.00 e. The van der Waals surface area contributed by atoms with Crippen LogP contribution in [0.25, 0.3) is 0 Å². The monoisotopic (exact) mass is 471 g/mol. The molecule has 0 aromatic heterocycles. The van der Waals surface area contributed by atoms with Gasteiger partial charge in [0.2, 0.25) is 0 Å². The van der Waals surface area contributed by atoms with Gasteiger partial charge >= 0.3 is 57.6 Å². The van der Waals surface area contributed by atoms with Crippen LogP contribution >= 0.6 is 11.6 Å².